The molecule has 1 aromatic carbocycles. The van der Waals surface area contributed by atoms with E-state index in [2.05, 4.69) is 24.0 Å². The van der Waals surface area contributed by atoms with Crippen LogP contribution in [0.2, 0.25) is 0 Å². The van der Waals surface area contributed by atoms with E-state index in [4.69, 9.17) is 15.2 Å². The number of nitrogens with two attached hydrogens (primary N) is 1. The lowest BCUT2D eigenvalue weighted by molar-refractivity contribution is 0.0378. The fraction of sp³-hybridized carbons (Fsp3) is 0.600. The van der Waals surface area contributed by atoms with Crippen LogP contribution in [0.25, 0.3) is 5.57 Å². The van der Waals surface area contributed by atoms with Crippen LogP contribution in [0.1, 0.15) is 44.2 Å². The minimum atomic E-state index is 0.132. The van der Waals surface area contributed by atoms with E-state index in [1.165, 1.54) is 16.7 Å². The van der Waals surface area contributed by atoms with E-state index in [9.17, 15) is 0 Å². The van der Waals surface area contributed by atoms with Crippen LogP contribution in [0.4, 0.5) is 5.69 Å². The van der Waals surface area contributed by atoms with Crippen molar-refractivity contribution in [3.8, 4) is 5.75 Å². The smallest absolute Gasteiger partial charge is 0.143 e. The number of nitrogens with zero attached hydrogens (tertiary/aromatic N) is 1. The molecule has 1 aromatic rings. The van der Waals surface area contributed by atoms with E-state index in [1.807, 2.05) is 19.9 Å². The molecule has 1 fully saturated rings. The molecule has 0 radical (unpaired) electrons. The topological polar surface area (TPSA) is 47.7 Å². The van der Waals surface area contributed by atoms with Crippen molar-refractivity contribution >= 4 is 11.3 Å². The molecule has 2 aliphatic rings. The van der Waals surface area contributed by atoms with Crippen molar-refractivity contribution in [2.45, 2.75) is 52.2 Å². The van der Waals surface area contributed by atoms with E-state index in [0.717, 1.165) is 57.0 Å². The van der Waals surface area contributed by atoms with Gasteiger partial charge in [-0.2, -0.15) is 0 Å². The Kier molecular flexibility index (Phi) is 5.47. The Bertz CT molecular complexity index is 604. The molecule has 0 aliphatic carbocycles. The van der Waals surface area contributed by atoms with Crippen LogP contribution >= 0.6 is 0 Å². The third-order valence-corrected chi connectivity index (χ3v) is 5.01. The number of hydrogen-bond acceptors (Lipinski definition) is 4. The van der Waals surface area contributed by atoms with Gasteiger partial charge in [0, 0.05) is 32.3 Å². The van der Waals surface area contributed by atoms with Gasteiger partial charge >= 0.3 is 0 Å². The summed E-state index contributed by atoms with van der Waals surface area (Å²) in [6.45, 7) is 10.2. The molecule has 24 heavy (non-hydrogen) atoms. The van der Waals surface area contributed by atoms with Gasteiger partial charge in [-0.3, -0.25) is 4.90 Å². The molecule has 2 heterocycles. The predicted octanol–water partition coefficient (Wildman–Crippen LogP) is 3.63. The van der Waals surface area contributed by atoms with Gasteiger partial charge in [0.15, 0.2) is 0 Å². The summed E-state index contributed by atoms with van der Waals surface area (Å²) < 4.78 is 11.4. The maximum absolute atomic E-state index is 6.12. The van der Waals surface area contributed by atoms with Crippen molar-refractivity contribution in [1.29, 1.82) is 0 Å². The molecule has 3 rings (SSSR count). The second-order valence-electron chi connectivity index (χ2n) is 7.19. The van der Waals surface area contributed by atoms with Gasteiger partial charge in [-0.05, 0) is 68.9 Å². The molecule has 0 bridgehead atoms. The number of anilines is 1. The first-order chi connectivity index (χ1) is 11.5. The van der Waals surface area contributed by atoms with Gasteiger partial charge in [-0.1, -0.05) is 6.08 Å². The molecule has 0 amide bonds. The molecule has 2 N–H and O–H groups in total. The van der Waals surface area contributed by atoms with Crippen LogP contribution in [0.15, 0.2) is 18.2 Å². The number of hydrogen-bond donors (Lipinski definition) is 1. The first-order valence-corrected chi connectivity index (χ1v) is 9.12. The van der Waals surface area contributed by atoms with Crippen LogP contribution in [0.3, 0.4) is 0 Å². The van der Waals surface area contributed by atoms with Crippen LogP contribution in [0.5, 0.6) is 5.75 Å². The van der Waals surface area contributed by atoms with E-state index < -0.39 is 0 Å². The number of rotatable bonds is 4. The van der Waals surface area contributed by atoms with Crippen LogP contribution in [-0.4, -0.2) is 43.3 Å². The van der Waals surface area contributed by atoms with Crippen LogP contribution in [-0.2, 0) is 4.74 Å². The maximum Gasteiger partial charge on any atom is 0.143 e. The van der Waals surface area contributed by atoms with Crippen LogP contribution < -0.4 is 10.5 Å². The van der Waals surface area contributed by atoms with E-state index >= 15 is 0 Å². The SMILES string of the molecule is Cc1cc(N)c(OC(C)C)cc1C1=CCN(C2CCOCC2)CC1. The lowest BCUT2D eigenvalue weighted by Gasteiger charge is -2.36. The van der Waals surface area contributed by atoms with Gasteiger partial charge in [-0.15, -0.1) is 0 Å². The Balaban J connectivity index is 1.75. The summed E-state index contributed by atoms with van der Waals surface area (Å²) in [5.41, 5.74) is 10.8. The fourth-order valence-corrected chi connectivity index (χ4v) is 3.72. The minimum Gasteiger partial charge on any atom is -0.489 e. The number of aryl methyl sites for hydroxylation is 1. The highest BCUT2D eigenvalue weighted by Gasteiger charge is 2.24. The lowest BCUT2D eigenvalue weighted by atomic mass is 9.93. The Morgan fingerprint density at radius 2 is 2.00 bits per heavy atom. The van der Waals surface area contributed by atoms with Gasteiger partial charge in [0.05, 0.1) is 11.8 Å². The molecule has 4 heteroatoms. The van der Waals surface area contributed by atoms with Gasteiger partial charge in [0.25, 0.3) is 0 Å². The molecule has 0 spiro atoms. The Morgan fingerprint density at radius 1 is 1.25 bits per heavy atom. The van der Waals surface area contributed by atoms with Crippen molar-refractivity contribution in [3.05, 3.63) is 29.3 Å². The van der Waals surface area contributed by atoms with Crippen molar-refractivity contribution in [1.82, 2.24) is 4.90 Å². The molecule has 132 valence electrons. The zero-order chi connectivity index (χ0) is 17.1. The Morgan fingerprint density at radius 3 is 2.62 bits per heavy atom. The Labute approximate surface area is 145 Å². The maximum atomic E-state index is 6.12. The minimum absolute atomic E-state index is 0.132. The summed E-state index contributed by atoms with van der Waals surface area (Å²) in [5.74, 6) is 0.804. The summed E-state index contributed by atoms with van der Waals surface area (Å²) in [7, 11) is 0. The van der Waals surface area contributed by atoms with Gasteiger partial charge < -0.3 is 15.2 Å². The largest absolute Gasteiger partial charge is 0.489 e. The molecule has 1 saturated heterocycles. The molecule has 2 aliphatic heterocycles. The fourth-order valence-electron chi connectivity index (χ4n) is 3.72. The van der Waals surface area contributed by atoms with E-state index in [0.29, 0.717) is 6.04 Å². The third kappa shape index (κ3) is 3.93. The van der Waals surface area contributed by atoms with Crippen molar-refractivity contribution in [2.75, 3.05) is 32.0 Å². The zero-order valence-corrected chi connectivity index (χ0v) is 15.2. The van der Waals surface area contributed by atoms with E-state index in [1.54, 1.807) is 0 Å². The first-order valence-electron chi connectivity index (χ1n) is 9.12. The molecule has 0 aromatic heterocycles. The molecule has 0 saturated carbocycles. The van der Waals surface area contributed by atoms with E-state index in [-0.39, 0.29) is 6.10 Å². The number of nitrogen functional groups attached to an aromatic ring is 1. The summed E-state index contributed by atoms with van der Waals surface area (Å²) in [6, 6.07) is 4.85. The average molecular weight is 330 g/mol. The highest BCUT2D eigenvalue weighted by Crippen LogP contribution is 2.33. The number of ether oxygens (including phenoxy) is 2. The normalized spacial score (nSPS) is 20.2. The molecular formula is C20H30N2O2. The number of benzene rings is 1. The predicted molar refractivity (Wildman–Crippen MR) is 99.4 cm³/mol. The average Bonchev–Trinajstić information content (AvgIpc) is 2.58. The third-order valence-electron chi connectivity index (χ3n) is 5.01. The van der Waals surface area contributed by atoms with Crippen LogP contribution in [0, 0.1) is 6.92 Å². The standard InChI is InChI=1S/C20H30N2O2/c1-14(2)24-20-13-18(15(3)12-19(20)21)16-4-8-22(9-5-16)17-6-10-23-11-7-17/h4,12-14,17H,5-11,21H2,1-3H3. The molecule has 0 atom stereocenters. The summed E-state index contributed by atoms with van der Waals surface area (Å²) >= 11 is 0. The highest BCUT2D eigenvalue weighted by molar-refractivity contribution is 5.73. The monoisotopic (exact) mass is 330 g/mol. The molecule has 4 nitrogen and oxygen atoms in total. The zero-order valence-electron chi connectivity index (χ0n) is 15.2. The quantitative estimate of drug-likeness (QED) is 0.857. The van der Waals surface area contributed by atoms with Gasteiger partial charge in [0.1, 0.15) is 5.75 Å². The van der Waals surface area contributed by atoms with Crippen molar-refractivity contribution in [2.24, 2.45) is 0 Å². The second kappa shape index (κ2) is 7.58. The van der Waals surface area contributed by atoms with Gasteiger partial charge in [0.2, 0.25) is 0 Å². The lowest BCUT2D eigenvalue weighted by Crippen LogP contribution is -2.41. The molecular weight excluding hydrogens is 300 g/mol. The summed E-state index contributed by atoms with van der Waals surface area (Å²) in [6.07, 6.45) is 5.93. The summed E-state index contributed by atoms with van der Waals surface area (Å²) in [4.78, 5) is 2.60. The second-order valence-corrected chi connectivity index (χ2v) is 7.19. The van der Waals surface area contributed by atoms with Gasteiger partial charge in [-0.25, -0.2) is 0 Å². The Hall–Kier alpha value is -1.52. The van der Waals surface area contributed by atoms with Crippen molar-refractivity contribution in [3.63, 3.8) is 0 Å². The van der Waals surface area contributed by atoms with Crippen molar-refractivity contribution < 1.29 is 9.47 Å². The summed E-state index contributed by atoms with van der Waals surface area (Å²) in [5, 5.41) is 0. The first kappa shape index (κ1) is 17.3. The highest BCUT2D eigenvalue weighted by atomic mass is 16.5. The molecule has 0 unspecified atom stereocenters.